The van der Waals surface area contributed by atoms with Gasteiger partial charge in [0.15, 0.2) is 6.10 Å². The van der Waals surface area contributed by atoms with E-state index in [0.29, 0.717) is 33.5 Å². The number of carboxylic acids is 1. The first-order valence-electron chi connectivity index (χ1n) is 10.9. The predicted molar refractivity (Wildman–Crippen MR) is 137 cm³/mol. The van der Waals surface area contributed by atoms with Crippen LogP contribution in [0.2, 0.25) is 0 Å². The van der Waals surface area contributed by atoms with Gasteiger partial charge in [-0.2, -0.15) is 5.26 Å². The Labute approximate surface area is 216 Å². The number of allylic oxidation sites excluding steroid dienone is 1. The topological polar surface area (TPSA) is 129 Å². The highest BCUT2D eigenvalue weighted by molar-refractivity contribution is 9.10. The van der Waals surface area contributed by atoms with Crippen molar-refractivity contribution in [2.24, 2.45) is 0 Å². The third-order valence-electron chi connectivity index (χ3n) is 5.04. The zero-order valence-electron chi connectivity index (χ0n) is 19.0. The summed E-state index contributed by atoms with van der Waals surface area (Å²) < 4.78 is 12.6. The molecule has 0 aliphatic rings. The first-order chi connectivity index (χ1) is 17.4. The van der Waals surface area contributed by atoms with Gasteiger partial charge >= 0.3 is 12.1 Å². The molecule has 9 heteroatoms. The van der Waals surface area contributed by atoms with Crippen LogP contribution in [0.5, 0.6) is 11.5 Å². The lowest BCUT2D eigenvalue weighted by molar-refractivity contribution is -0.131. The molecule has 0 aliphatic heterocycles. The zero-order valence-corrected chi connectivity index (χ0v) is 20.6. The van der Waals surface area contributed by atoms with Crippen molar-refractivity contribution in [1.29, 1.82) is 5.26 Å². The molecule has 0 aliphatic carbocycles. The fourth-order valence-electron chi connectivity index (χ4n) is 3.37. The Morgan fingerprint density at radius 3 is 2.47 bits per heavy atom. The van der Waals surface area contributed by atoms with Gasteiger partial charge in [0.2, 0.25) is 0 Å². The molecule has 1 amide bonds. The van der Waals surface area contributed by atoms with Crippen molar-refractivity contribution in [1.82, 2.24) is 0 Å². The van der Waals surface area contributed by atoms with Crippen LogP contribution in [0.25, 0.3) is 0 Å². The Morgan fingerprint density at radius 1 is 1.08 bits per heavy atom. The lowest BCUT2D eigenvalue weighted by atomic mass is 9.99. The van der Waals surface area contributed by atoms with E-state index < -0.39 is 24.3 Å². The average Bonchev–Trinajstić information content (AvgIpc) is 2.87. The highest BCUT2D eigenvalue weighted by Crippen LogP contribution is 2.35. The number of carbonyl (C=O) groups excluding carboxylic acids is 1. The Morgan fingerprint density at radius 2 is 1.81 bits per heavy atom. The van der Waals surface area contributed by atoms with Gasteiger partial charge in [0.05, 0.1) is 11.6 Å². The summed E-state index contributed by atoms with van der Waals surface area (Å²) in [4.78, 5) is 23.8. The maximum atomic E-state index is 12.9. The molecule has 3 aromatic rings. The Hall–Kier alpha value is -4.29. The number of aliphatic carboxylic acids is 1. The number of phenols is 1. The number of aromatic hydroxyl groups is 1. The van der Waals surface area contributed by atoms with Crippen LogP contribution in [0, 0.1) is 11.3 Å². The van der Waals surface area contributed by atoms with E-state index in [-0.39, 0.29) is 12.2 Å². The molecule has 8 nitrogen and oxygen atoms in total. The molecule has 3 aromatic carbocycles. The average molecular weight is 551 g/mol. The van der Waals surface area contributed by atoms with Gasteiger partial charge in [-0.15, -0.1) is 0 Å². The van der Waals surface area contributed by atoms with E-state index in [0.717, 1.165) is 6.08 Å². The molecular weight excluding hydrogens is 528 g/mol. The molecule has 36 heavy (non-hydrogen) atoms. The normalized spacial score (nSPS) is 12.3. The molecule has 184 valence electrons. The number of benzene rings is 3. The molecule has 0 fully saturated rings. The number of halogens is 1. The van der Waals surface area contributed by atoms with Gasteiger partial charge in [-0.1, -0.05) is 40.2 Å². The van der Waals surface area contributed by atoms with Gasteiger partial charge < -0.3 is 19.7 Å². The number of carbonyl (C=O) groups is 2. The minimum Gasteiger partial charge on any atom is -0.508 e. The second-order valence-corrected chi connectivity index (χ2v) is 8.55. The number of carboxylic acid groups (broad SMARTS) is 1. The van der Waals surface area contributed by atoms with Gasteiger partial charge in [-0.05, 0) is 67.4 Å². The number of hydrogen-bond donors (Lipinski definition) is 3. The minimum absolute atomic E-state index is 0.0999. The molecule has 3 rings (SSSR count). The maximum Gasteiger partial charge on any atom is 0.412 e. The molecule has 0 saturated heterocycles. The standard InChI is InChI=1S/C27H23BrN2O6/c28-19-12-15-23(31)22(16-19)26(36-27(34)30-20-13-10-18(17-29)11-14-20)24(8-4-5-9-25(32)33)35-21-6-2-1-3-7-21/h1-3,5-7,9-16,24,26,31H,4,8H2,(H,30,34)(H,32,33)/b9-5+/t24-,26-/m0/s1. The summed E-state index contributed by atoms with van der Waals surface area (Å²) in [6.45, 7) is 0. The van der Waals surface area contributed by atoms with Gasteiger partial charge in [-0.3, -0.25) is 5.32 Å². The van der Waals surface area contributed by atoms with Crippen LogP contribution in [0.15, 0.2) is 89.4 Å². The molecule has 0 radical (unpaired) electrons. The summed E-state index contributed by atoms with van der Waals surface area (Å²) in [5, 5.41) is 31.1. The largest absolute Gasteiger partial charge is 0.508 e. The van der Waals surface area contributed by atoms with E-state index in [4.69, 9.17) is 19.8 Å². The maximum absolute atomic E-state index is 12.9. The summed E-state index contributed by atoms with van der Waals surface area (Å²) in [6, 6.07) is 21.9. The smallest absolute Gasteiger partial charge is 0.412 e. The zero-order chi connectivity index (χ0) is 25.9. The van der Waals surface area contributed by atoms with E-state index in [9.17, 15) is 14.7 Å². The van der Waals surface area contributed by atoms with Crippen LogP contribution >= 0.6 is 15.9 Å². The van der Waals surface area contributed by atoms with Crippen molar-refractivity contribution in [3.63, 3.8) is 0 Å². The van der Waals surface area contributed by atoms with E-state index >= 15 is 0 Å². The molecule has 0 unspecified atom stereocenters. The molecular formula is C27H23BrN2O6. The van der Waals surface area contributed by atoms with Crippen molar-refractivity contribution in [3.05, 3.63) is 101 Å². The van der Waals surface area contributed by atoms with Crippen LogP contribution in [0.4, 0.5) is 10.5 Å². The fraction of sp³-hybridized carbons (Fsp3) is 0.148. The van der Waals surface area contributed by atoms with Gasteiger partial charge in [0, 0.05) is 21.8 Å². The second kappa shape index (κ2) is 13.0. The summed E-state index contributed by atoms with van der Waals surface area (Å²) >= 11 is 3.38. The fourth-order valence-corrected chi connectivity index (χ4v) is 3.75. The molecule has 2 atom stereocenters. The van der Waals surface area contributed by atoms with Gasteiger partial charge in [-0.25, -0.2) is 9.59 Å². The number of ether oxygens (including phenoxy) is 2. The molecule has 3 N–H and O–H groups in total. The molecule has 0 spiro atoms. The summed E-state index contributed by atoms with van der Waals surface area (Å²) in [5.41, 5.74) is 1.17. The number of anilines is 1. The van der Waals surface area contributed by atoms with E-state index in [1.165, 1.54) is 12.1 Å². The lowest BCUT2D eigenvalue weighted by Crippen LogP contribution is -2.31. The summed E-state index contributed by atoms with van der Waals surface area (Å²) in [5.74, 6) is -0.660. The number of rotatable bonds is 10. The third kappa shape index (κ3) is 7.89. The van der Waals surface area contributed by atoms with Crippen molar-refractivity contribution >= 4 is 33.7 Å². The van der Waals surface area contributed by atoms with Crippen molar-refractivity contribution < 1.29 is 29.3 Å². The number of nitrogens with one attached hydrogen (secondary N) is 1. The van der Waals surface area contributed by atoms with Crippen LogP contribution < -0.4 is 10.1 Å². The number of hydrogen-bond acceptors (Lipinski definition) is 6. The quantitative estimate of drug-likeness (QED) is 0.257. The van der Waals surface area contributed by atoms with Crippen molar-refractivity contribution in [2.45, 2.75) is 25.0 Å². The summed E-state index contributed by atoms with van der Waals surface area (Å²) in [7, 11) is 0. The van der Waals surface area contributed by atoms with Gasteiger partial charge in [0.1, 0.15) is 17.6 Å². The van der Waals surface area contributed by atoms with E-state index in [1.54, 1.807) is 60.7 Å². The highest BCUT2D eigenvalue weighted by atomic mass is 79.9. The van der Waals surface area contributed by atoms with Gasteiger partial charge in [0.25, 0.3) is 0 Å². The lowest BCUT2D eigenvalue weighted by Gasteiger charge is -2.28. The third-order valence-corrected chi connectivity index (χ3v) is 5.53. The summed E-state index contributed by atoms with van der Waals surface area (Å²) in [6.07, 6.45) is 0.473. The Balaban J connectivity index is 1.92. The molecule has 0 heterocycles. The molecule has 0 aromatic heterocycles. The monoisotopic (exact) mass is 550 g/mol. The second-order valence-electron chi connectivity index (χ2n) is 7.63. The van der Waals surface area contributed by atoms with Crippen LogP contribution in [0.1, 0.15) is 30.1 Å². The number of para-hydroxylation sites is 1. The predicted octanol–water partition coefficient (Wildman–Crippen LogP) is 6.18. The number of nitrogens with zero attached hydrogens (tertiary/aromatic N) is 1. The first-order valence-corrected chi connectivity index (χ1v) is 11.7. The van der Waals surface area contributed by atoms with Crippen molar-refractivity contribution in [2.75, 3.05) is 5.32 Å². The molecule has 0 bridgehead atoms. The van der Waals surface area contributed by atoms with E-state index in [1.807, 2.05) is 12.1 Å². The Kier molecular flexibility index (Phi) is 9.48. The number of nitriles is 1. The van der Waals surface area contributed by atoms with Crippen LogP contribution in [0.3, 0.4) is 0 Å². The number of phenolic OH excluding ortho intramolecular Hbond substituents is 1. The van der Waals surface area contributed by atoms with E-state index in [2.05, 4.69) is 21.2 Å². The highest BCUT2D eigenvalue weighted by Gasteiger charge is 2.31. The van der Waals surface area contributed by atoms with Crippen molar-refractivity contribution in [3.8, 4) is 17.6 Å². The molecule has 0 saturated carbocycles. The SMILES string of the molecule is N#Cc1ccc(NC(=O)O[C@@H](c2cc(Br)ccc2O)[C@H](CC/C=C/C(=O)O)Oc2ccccc2)cc1. The number of amides is 1. The van der Waals surface area contributed by atoms with Crippen LogP contribution in [-0.4, -0.2) is 28.4 Å². The first kappa shape index (κ1) is 26.3. The minimum atomic E-state index is -1.07. The Bertz CT molecular complexity index is 1260. The van der Waals surface area contributed by atoms with Crippen LogP contribution in [-0.2, 0) is 9.53 Å².